The number of carboxylic acids is 1. The summed E-state index contributed by atoms with van der Waals surface area (Å²) in [7, 11) is -4.65. The molecule has 1 aliphatic rings. The first kappa shape index (κ1) is 28.0. The van der Waals surface area contributed by atoms with Crippen LogP contribution in [0.2, 0.25) is 0 Å². The second kappa shape index (κ2) is 11.0. The van der Waals surface area contributed by atoms with E-state index >= 15 is 0 Å². The molecule has 1 aromatic carbocycles. The fourth-order valence-corrected chi connectivity index (χ4v) is 5.06. The zero-order valence-electron chi connectivity index (χ0n) is 19.9. The highest BCUT2D eigenvalue weighted by Crippen LogP contribution is 2.32. The van der Waals surface area contributed by atoms with Gasteiger partial charge in [0, 0.05) is 12.6 Å². The number of ether oxygens (including phenoxy) is 1. The molecular weight excluding hydrogens is 482 g/mol. The molecule has 1 N–H and O–H groups in total. The number of para-hydroxylation sites is 1. The van der Waals surface area contributed by atoms with E-state index in [1.54, 1.807) is 27.7 Å². The second-order valence-electron chi connectivity index (χ2n) is 8.61. The lowest BCUT2D eigenvalue weighted by molar-refractivity contribution is -0.388. The van der Waals surface area contributed by atoms with Gasteiger partial charge in [-0.2, -0.15) is 0 Å². The van der Waals surface area contributed by atoms with Crippen LogP contribution in [0.3, 0.4) is 0 Å². The van der Waals surface area contributed by atoms with Crippen LogP contribution in [0.1, 0.15) is 34.1 Å². The number of carbonyl (C=O) groups is 2. The quantitative estimate of drug-likeness (QED) is 0.299. The molecule has 0 bridgehead atoms. The molecule has 0 spiro atoms. The topological polar surface area (TPSA) is 157 Å². The number of nitrogens with zero attached hydrogens (tertiary/aromatic N) is 3. The minimum atomic E-state index is -4.65. The molecule has 2 rings (SSSR count). The fraction of sp³-hybridized carbons (Fsp3) is 0.455. The molecular formula is C22H29N3O9S. The van der Waals surface area contributed by atoms with Gasteiger partial charge in [-0.25, -0.2) is 18.0 Å². The van der Waals surface area contributed by atoms with Crippen LogP contribution in [0.5, 0.6) is 0 Å². The third-order valence-corrected chi connectivity index (χ3v) is 6.64. The molecule has 1 heterocycles. The number of carboxylic acid groups (broad SMARTS) is 1. The van der Waals surface area contributed by atoms with Crippen LogP contribution in [0, 0.1) is 10.1 Å². The van der Waals surface area contributed by atoms with E-state index in [4.69, 9.17) is 9.57 Å². The zero-order chi connectivity index (χ0) is 26.6. The Morgan fingerprint density at radius 1 is 1.34 bits per heavy atom. The van der Waals surface area contributed by atoms with Gasteiger partial charge in [-0.3, -0.25) is 19.9 Å². The molecule has 1 aliphatic heterocycles. The summed E-state index contributed by atoms with van der Waals surface area (Å²) in [6, 6.07) is 2.16. The van der Waals surface area contributed by atoms with Gasteiger partial charge in [0.2, 0.25) is 0 Å². The Hall–Kier alpha value is -3.29. The normalized spacial score (nSPS) is 18.7. The highest BCUT2D eigenvalue weighted by atomic mass is 32.2. The smallest absolute Gasteiger partial charge is 0.411 e. The molecule has 0 unspecified atom stereocenters. The van der Waals surface area contributed by atoms with Crippen LogP contribution in [-0.2, 0) is 24.4 Å². The number of sulfonamides is 1. The Labute approximate surface area is 203 Å². The number of aliphatic carboxylic acids is 1. The van der Waals surface area contributed by atoms with Crippen LogP contribution in [0.25, 0.3) is 0 Å². The zero-order valence-corrected chi connectivity index (χ0v) is 20.7. The van der Waals surface area contributed by atoms with Gasteiger partial charge in [0.05, 0.1) is 17.6 Å². The standard InChI is InChI=1S/C22H29N3O9S/c1-6-12-33-25(35(31,32)18-11-9-8-10-17(18)24(29)30)16-13-15(7-2)19(20(26)27)23(14-16)21(28)34-22(3,4)5/h6,8-11,13,16,19H,1,7,12,14H2,2-5H3,(H,26,27)/t16-,19+/m1/s1. The maximum Gasteiger partial charge on any atom is 0.411 e. The lowest BCUT2D eigenvalue weighted by Crippen LogP contribution is -2.57. The van der Waals surface area contributed by atoms with Crippen molar-refractivity contribution < 1.29 is 37.6 Å². The SMILES string of the molecule is C=CCON([C@@H]1C=C(CC)[C@@H](C(=O)O)N(C(=O)OC(C)(C)C)C1)S(=O)(=O)c1ccccc1[N+](=O)[O-]. The molecule has 0 aromatic heterocycles. The Bertz CT molecular complexity index is 1130. The molecule has 2 atom stereocenters. The predicted octanol–water partition coefficient (Wildman–Crippen LogP) is 3.11. The molecule has 0 saturated heterocycles. The number of nitro groups is 1. The van der Waals surface area contributed by atoms with Gasteiger partial charge in [-0.1, -0.05) is 35.7 Å². The Morgan fingerprint density at radius 3 is 2.49 bits per heavy atom. The number of amides is 1. The Kier molecular flexibility index (Phi) is 8.76. The van der Waals surface area contributed by atoms with Crippen molar-refractivity contribution in [2.45, 2.75) is 56.7 Å². The summed E-state index contributed by atoms with van der Waals surface area (Å²) in [6.45, 7) is 9.26. The van der Waals surface area contributed by atoms with Crippen molar-refractivity contribution >= 4 is 27.8 Å². The minimum absolute atomic E-state index is 0.174. The molecule has 192 valence electrons. The highest BCUT2D eigenvalue weighted by Gasteiger charge is 2.45. The van der Waals surface area contributed by atoms with E-state index in [9.17, 15) is 33.2 Å². The van der Waals surface area contributed by atoms with Crippen molar-refractivity contribution in [1.82, 2.24) is 9.37 Å². The second-order valence-corrected chi connectivity index (χ2v) is 10.4. The largest absolute Gasteiger partial charge is 0.479 e. The van der Waals surface area contributed by atoms with E-state index in [0.717, 1.165) is 17.0 Å². The van der Waals surface area contributed by atoms with Crippen LogP contribution in [0.4, 0.5) is 10.5 Å². The summed E-state index contributed by atoms with van der Waals surface area (Å²) in [5.74, 6) is -1.32. The van der Waals surface area contributed by atoms with E-state index < -0.39 is 61.8 Å². The summed E-state index contributed by atoms with van der Waals surface area (Å²) in [5, 5.41) is 21.3. The third-order valence-electron chi connectivity index (χ3n) is 4.89. The minimum Gasteiger partial charge on any atom is -0.479 e. The van der Waals surface area contributed by atoms with Gasteiger partial charge in [0.15, 0.2) is 10.9 Å². The van der Waals surface area contributed by atoms with Crippen LogP contribution in [-0.4, -0.2) is 70.7 Å². The molecule has 1 aromatic rings. The van der Waals surface area contributed by atoms with Crippen LogP contribution < -0.4 is 0 Å². The Balaban J connectivity index is 2.65. The van der Waals surface area contributed by atoms with Crippen LogP contribution >= 0.6 is 0 Å². The van der Waals surface area contributed by atoms with Crippen molar-refractivity contribution in [3.63, 3.8) is 0 Å². The Morgan fingerprint density at radius 2 is 1.97 bits per heavy atom. The summed E-state index contributed by atoms with van der Waals surface area (Å²) in [5.41, 5.74) is -1.37. The van der Waals surface area contributed by atoms with Crippen molar-refractivity contribution in [2.75, 3.05) is 13.2 Å². The summed E-state index contributed by atoms with van der Waals surface area (Å²) in [6.07, 6.45) is 1.88. The molecule has 0 saturated carbocycles. The van der Waals surface area contributed by atoms with E-state index in [2.05, 4.69) is 6.58 Å². The summed E-state index contributed by atoms with van der Waals surface area (Å²) >= 11 is 0. The van der Waals surface area contributed by atoms with E-state index in [0.29, 0.717) is 4.47 Å². The predicted molar refractivity (Wildman–Crippen MR) is 125 cm³/mol. The average Bonchev–Trinajstić information content (AvgIpc) is 2.77. The number of hydrogen-bond donors (Lipinski definition) is 1. The van der Waals surface area contributed by atoms with Crippen molar-refractivity contribution in [3.8, 4) is 0 Å². The number of nitro benzene ring substituents is 1. The monoisotopic (exact) mass is 511 g/mol. The highest BCUT2D eigenvalue weighted by molar-refractivity contribution is 7.89. The van der Waals surface area contributed by atoms with E-state index in [1.165, 1.54) is 24.3 Å². The van der Waals surface area contributed by atoms with E-state index in [1.807, 2.05) is 0 Å². The van der Waals surface area contributed by atoms with Gasteiger partial charge in [-0.05, 0) is 38.8 Å². The molecule has 13 heteroatoms. The van der Waals surface area contributed by atoms with Gasteiger partial charge in [0.1, 0.15) is 5.60 Å². The van der Waals surface area contributed by atoms with Gasteiger partial charge in [0.25, 0.3) is 15.7 Å². The number of carbonyl (C=O) groups excluding carboxylic acids is 1. The maximum absolute atomic E-state index is 13.6. The molecule has 1 amide bonds. The average molecular weight is 512 g/mol. The third kappa shape index (κ3) is 6.44. The van der Waals surface area contributed by atoms with Gasteiger partial charge >= 0.3 is 12.1 Å². The van der Waals surface area contributed by atoms with Crippen LogP contribution in [0.15, 0.2) is 53.5 Å². The fourth-order valence-electron chi connectivity index (χ4n) is 3.52. The lowest BCUT2D eigenvalue weighted by atomic mass is 9.96. The number of benzene rings is 1. The number of rotatable bonds is 9. The molecule has 0 radical (unpaired) electrons. The maximum atomic E-state index is 13.6. The summed E-state index contributed by atoms with van der Waals surface area (Å²) in [4.78, 5) is 41.4. The first-order valence-corrected chi connectivity index (χ1v) is 12.1. The van der Waals surface area contributed by atoms with Gasteiger partial charge < -0.3 is 9.84 Å². The van der Waals surface area contributed by atoms with Gasteiger partial charge in [-0.15, -0.1) is 6.58 Å². The van der Waals surface area contributed by atoms with Crippen molar-refractivity contribution in [3.05, 3.63) is 58.7 Å². The number of hydrogen-bond acceptors (Lipinski definition) is 8. The summed E-state index contributed by atoms with van der Waals surface area (Å²) < 4.78 is 33.0. The molecule has 0 fully saturated rings. The first-order valence-electron chi connectivity index (χ1n) is 10.7. The molecule has 0 aliphatic carbocycles. The lowest BCUT2D eigenvalue weighted by Gasteiger charge is -2.40. The van der Waals surface area contributed by atoms with Crippen molar-refractivity contribution in [1.29, 1.82) is 0 Å². The molecule has 35 heavy (non-hydrogen) atoms. The van der Waals surface area contributed by atoms with Crippen molar-refractivity contribution in [2.24, 2.45) is 0 Å². The van der Waals surface area contributed by atoms with E-state index in [-0.39, 0.29) is 18.6 Å². The first-order chi connectivity index (χ1) is 16.2. The molecule has 12 nitrogen and oxygen atoms in total. The number of hydroxylamine groups is 1.